The van der Waals surface area contributed by atoms with Crippen LogP contribution in [-0.4, -0.2) is 39.2 Å². The minimum atomic E-state index is -3.22. The van der Waals surface area contributed by atoms with Crippen molar-refractivity contribution in [2.24, 2.45) is 0 Å². The van der Waals surface area contributed by atoms with E-state index < -0.39 is 10.0 Å². The normalized spacial score (nSPS) is 11.4. The van der Waals surface area contributed by atoms with Crippen molar-refractivity contribution in [2.75, 3.05) is 24.8 Å². The van der Waals surface area contributed by atoms with Crippen molar-refractivity contribution in [3.8, 4) is 0 Å². The van der Waals surface area contributed by atoms with Gasteiger partial charge in [-0.1, -0.05) is 0 Å². The summed E-state index contributed by atoms with van der Waals surface area (Å²) in [6, 6.07) is 0. The Balaban J connectivity index is 3.62. The molecule has 0 aromatic carbocycles. The number of carbonyl (C=O) groups excluding carboxylic acids is 1. The van der Waals surface area contributed by atoms with Crippen LogP contribution in [0.5, 0.6) is 0 Å². The Bertz CT molecular complexity index is 305. The minimum absolute atomic E-state index is 0.0825. The average molecular weight is 286 g/mol. The van der Waals surface area contributed by atoms with Gasteiger partial charge in [-0.3, -0.25) is 4.79 Å². The molecule has 0 fully saturated rings. The molecule has 0 radical (unpaired) electrons. The number of nitrogens with one attached hydrogen (secondary N) is 1. The van der Waals surface area contributed by atoms with Crippen molar-refractivity contribution in [2.45, 2.75) is 32.6 Å². The van der Waals surface area contributed by atoms with E-state index in [1.54, 1.807) is 6.92 Å². The summed E-state index contributed by atoms with van der Waals surface area (Å²) in [6.45, 7) is 2.35. The number of hydrogen-bond donors (Lipinski definition) is 1. The van der Waals surface area contributed by atoms with Crippen molar-refractivity contribution in [3.05, 3.63) is 0 Å². The monoisotopic (exact) mass is 285 g/mol. The molecule has 0 aliphatic rings. The van der Waals surface area contributed by atoms with Crippen LogP contribution >= 0.6 is 11.6 Å². The van der Waals surface area contributed by atoms with Gasteiger partial charge in [-0.25, -0.2) is 13.1 Å². The highest BCUT2D eigenvalue weighted by Crippen LogP contribution is 1.97. The maximum Gasteiger partial charge on any atom is 0.305 e. The molecule has 0 saturated carbocycles. The lowest BCUT2D eigenvalue weighted by Crippen LogP contribution is -2.27. The van der Waals surface area contributed by atoms with Gasteiger partial charge in [-0.15, -0.1) is 11.6 Å². The molecule has 0 aromatic heterocycles. The first-order valence-electron chi connectivity index (χ1n) is 5.70. The van der Waals surface area contributed by atoms with E-state index in [4.69, 9.17) is 16.3 Å². The van der Waals surface area contributed by atoms with Gasteiger partial charge in [0.05, 0.1) is 12.4 Å². The smallest absolute Gasteiger partial charge is 0.305 e. The van der Waals surface area contributed by atoms with E-state index in [0.29, 0.717) is 31.7 Å². The number of halogens is 1. The Labute approximate surface area is 108 Å². The standard InChI is InChI=1S/C10H20ClNO4S/c1-2-16-10(13)6-5-8-12-17(14,15)9-4-3-7-11/h12H,2-9H2,1H3. The van der Waals surface area contributed by atoms with E-state index in [-0.39, 0.29) is 24.7 Å². The molecule has 1 N–H and O–H groups in total. The SMILES string of the molecule is CCOC(=O)CCCNS(=O)(=O)CCCCCl. The Kier molecular flexibility index (Phi) is 9.49. The van der Waals surface area contributed by atoms with Crippen molar-refractivity contribution in [1.29, 1.82) is 0 Å². The van der Waals surface area contributed by atoms with Crippen molar-refractivity contribution < 1.29 is 17.9 Å². The zero-order valence-corrected chi connectivity index (χ0v) is 11.6. The highest BCUT2D eigenvalue weighted by atomic mass is 35.5. The van der Waals surface area contributed by atoms with Crippen LogP contribution in [0.4, 0.5) is 0 Å². The highest BCUT2D eigenvalue weighted by molar-refractivity contribution is 7.89. The van der Waals surface area contributed by atoms with Gasteiger partial charge in [0.25, 0.3) is 0 Å². The molecule has 0 unspecified atom stereocenters. The summed E-state index contributed by atoms with van der Waals surface area (Å²) < 4.78 is 30.0. The fourth-order valence-corrected chi connectivity index (χ4v) is 2.53. The molecule has 0 aliphatic heterocycles. The van der Waals surface area contributed by atoms with Gasteiger partial charge in [0.1, 0.15) is 0 Å². The molecule has 0 bridgehead atoms. The molecule has 0 heterocycles. The largest absolute Gasteiger partial charge is 0.466 e. The second-order valence-electron chi connectivity index (χ2n) is 3.52. The van der Waals surface area contributed by atoms with Gasteiger partial charge in [0, 0.05) is 18.8 Å². The van der Waals surface area contributed by atoms with Crippen LogP contribution in [0.3, 0.4) is 0 Å². The van der Waals surface area contributed by atoms with Gasteiger partial charge < -0.3 is 4.74 Å². The van der Waals surface area contributed by atoms with Gasteiger partial charge >= 0.3 is 5.97 Å². The number of ether oxygens (including phenoxy) is 1. The van der Waals surface area contributed by atoms with Gasteiger partial charge in [-0.05, 0) is 26.2 Å². The molecule has 0 amide bonds. The number of rotatable bonds is 10. The Morgan fingerprint density at radius 3 is 2.59 bits per heavy atom. The Hall–Kier alpha value is -0.330. The lowest BCUT2D eigenvalue weighted by atomic mass is 10.3. The zero-order valence-electron chi connectivity index (χ0n) is 10.1. The van der Waals surface area contributed by atoms with Crippen molar-refractivity contribution in [1.82, 2.24) is 4.72 Å². The second kappa shape index (κ2) is 9.67. The van der Waals surface area contributed by atoms with Gasteiger partial charge in [0.15, 0.2) is 0 Å². The average Bonchev–Trinajstić information content (AvgIpc) is 2.25. The number of esters is 1. The summed E-state index contributed by atoms with van der Waals surface area (Å²) in [7, 11) is -3.22. The topological polar surface area (TPSA) is 72.5 Å². The third-order valence-corrected chi connectivity index (χ3v) is 3.72. The van der Waals surface area contributed by atoms with Crippen LogP contribution in [0.25, 0.3) is 0 Å². The molecule has 17 heavy (non-hydrogen) atoms. The van der Waals surface area contributed by atoms with Crippen LogP contribution < -0.4 is 4.72 Å². The first-order valence-corrected chi connectivity index (χ1v) is 7.89. The summed E-state index contributed by atoms with van der Waals surface area (Å²) in [5, 5.41) is 0. The predicted molar refractivity (Wildman–Crippen MR) is 67.6 cm³/mol. The minimum Gasteiger partial charge on any atom is -0.466 e. The van der Waals surface area contributed by atoms with E-state index in [9.17, 15) is 13.2 Å². The van der Waals surface area contributed by atoms with Crippen LogP contribution in [0.2, 0.25) is 0 Å². The Morgan fingerprint density at radius 2 is 2.00 bits per heavy atom. The first kappa shape index (κ1) is 16.7. The maximum atomic E-state index is 11.4. The summed E-state index contributed by atoms with van der Waals surface area (Å²) in [5.74, 6) is 0.256. The quantitative estimate of drug-likeness (QED) is 0.373. The summed E-state index contributed by atoms with van der Waals surface area (Å²) in [6.07, 6.45) is 1.92. The number of alkyl halides is 1. The summed E-state index contributed by atoms with van der Waals surface area (Å²) >= 11 is 5.46. The Morgan fingerprint density at radius 1 is 1.29 bits per heavy atom. The summed E-state index contributed by atoms with van der Waals surface area (Å²) in [4.78, 5) is 11.0. The molecule has 0 rings (SSSR count). The zero-order chi connectivity index (χ0) is 13.1. The third-order valence-electron chi connectivity index (χ3n) is 1.98. The first-order chi connectivity index (χ1) is 8.02. The molecule has 0 saturated heterocycles. The van der Waals surface area contributed by atoms with Crippen LogP contribution in [-0.2, 0) is 19.6 Å². The fourth-order valence-electron chi connectivity index (χ4n) is 1.15. The maximum absolute atomic E-state index is 11.4. The van der Waals surface area contributed by atoms with Crippen LogP contribution in [0.1, 0.15) is 32.6 Å². The van der Waals surface area contributed by atoms with Crippen LogP contribution in [0, 0.1) is 0 Å². The molecule has 0 atom stereocenters. The molecule has 0 aliphatic carbocycles. The molecule has 0 spiro atoms. The number of unbranched alkanes of at least 4 members (excludes halogenated alkanes) is 1. The predicted octanol–water partition coefficient (Wildman–Crippen LogP) is 1.27. The van der Waals surface area contributed by atoms with Crippen molar-refractivity contribution in [3.63, 3.8) is 0 Å². The molecule has 102 valence electrons. The highest BCUT2D eigenvalue weighted by Gasteiger charge is 2.09. The van der Waals surface area contributed by atoms with Crippen LogP contribution in [0.15, 0.2) is 0 Å². The lowest BCUT2D eigenvalue weighted by Gasteiger charge is -2.06. The van der Waals surface area contributed by atoms with E-state index in [1.807, 2.05) is 0 Å². The number of sulfonamides is 1. The molecular weight excluding hydrogens is 266 g/mol. The third kappa shape index (κ3) is 10.5. The number of hydrogen-bond acceptors (Lipinski definition) is 4. The van der Waals surface area contributed by atoms with Gasteiger partial charge in [-0.2, -0.15) is 0 Å². The van der Waals surface area contributed by atoms with E-state index in [2.05, 4.69) is 4.72 Å². The molecular formula is C10H20ClNO4S. The van der Waals surface area contributed by atoms with E-state index in [1.165, 1.54) is 0 Å². The van der Waals surface area contributed by atoms with Crippen molar-refractivity contribution >= 4 is 27.6 Å². The fraction of sp³-hybridized carbons (Fsp3) is 0.900. The molecule has 0 aromatic rings. The molecule has 5 nitrogen and oxygen atoms in total. The molecule has 7 heteroatoms. The second-order valence-corrected chi connectivity index (χ2v) is 5.82. The summed E-state index contributed by atoms with van der Waals surface area (Å²) in [5.41, 5.74) is 0. The van der Waals surface area contributed by atoms with Gasteiger partial charge in [0.2, 0.25) is 10.0 Å². The van der Waals surface area contributed by atoms with E-state index >= 15 is 0 Å². The lowest BCUT2D eigenvalue weighted by molar-refractivity contribution is -0.143. The van der Waals surface area contributed by atoms with E-state index in [0.717, 1.165) is 0 Å². The number of carbonyl (C=O) groups is 1.